The van der Waals surface area contributed by atoms with Crippen LogP contribution < -0.4 is 10.6 Å². The molecule has 2 rings (SSSR count). The lowest BCUT2D eigenvalue weighted by atomic mass is 10.1. The molecule has 27 heavy (non-hydrogen) atoms. The molecule has 0 fully saturated rings. The van der Waals surface area contributed by atoms with E-state index in [1.165, 1.54) is 5.56 Å². The summed E-state index contributed by atoms with van der Waals surface area (Å²) in [6, 6.07) is 12.9. The number of benzene rings is 1. The van der Waals surface area contributed by atoms with Crippen molar-refractivity contribution in [2.24, 2.45) is 4.99 Å². The van der Waals surface area contributed by atoms with Gasteiger partial charge in [-0.1, -0.05) is 49.3 Å². The first kappa shape index (κ1) is 21.0. The van der Waals surface area contributed by atoms with Gasteiger partial charge in [0.2, 0.25) is 0 Å². The zero-order valence-corrected chi connectivity index (χ0v) is 17.2. The number of guanidine groups is 1. The van der Waals surface area contributed by atoms with Gasteiger partial charge in [0.25, 0.3) is 0 Å². The van der Waals surface area contributed by atoms with E-state index in [9.17, 15) is 0 Å². The zero-order valence-electron chi connectivity index (χ0n) is 17.2. The third-order valence-electron chi connectivity index (χ3n) is 4.46. The largest absolute Gasteiger partial charge is 0.359 e. The quantitative estimate of drug-likeness (QED) is 0.524. The number of nitrogens with one attached hydrogen (secondary N) is 2. The lowest BCUT2D eigenvalue weighted by Gasteiger charge is -2.25. The van der Waals surface area contributed by atoms with Crippen molar-refractivity contribution in [3.8, 4) is 0 Å². The van der Waals surface area contributed by atoms with Crippen LogP contribution in [0.5, 0.6) is 0 Å². The Morgan fingerprint density at radius 3 is 2.52 bits per heavy atom. The third-order valence-corrected chi connectivity index (χ3v) is 4.46. The monoisotopic (exact) mass is 371 g/mol. The maximum absolute atomic E-state index is 5.38. The van der Waals surface area contributed by atoms with Crippen LogP contribution in [0.25, 0.3) is 0 Å². The van der Waals surface area contributed by atoms with E-state index >= 15 is 0 Å². The predicted octanol–water partition coefficient (Wildman–Crippen LogP) is 3.03. The molecule has 0 bridgehead atoms. The Labute approximate surface area is 163 Å². The number of hydrogen-bond acceptors (Lipinski definition) is 4. The minimum atomic E-state index is 0.358. The minimum Gasteiger partial charge on any atom is -0.359 e. The van der Waals surface area contributed by atoms with Crippen LogP contribution >= 0.6 is 0 Å². The molecule has 1 heterocycles. The van der Waals surface area contributed by atoms with E-state index in [4.69, 9.17) is 4.52 Å². The van der Waals surface area contributed by atoms with E-state index in [0.29, 0.717) is 18.5 Å². The Bertz CT molecular complexity index is 694. The Hall–Kier alpha value is -2.34. The Balaban J connectivity index is 1.96. The molecule has 0 radical (unpaired) electrons. The molecule has 0 aliphatic heterocycles. The summed E-state index contributed by atoms with van der Waals surface area (Å²) in [5.74, 6) is 1.93. The molecule has 1 atom stereocenters. The molecule has 1 unspecified atom stereocenters. The highest BCUT2D eigenvalue weighted by atomic mass is 16.5. The summed E-state index contributed by atoms with van der Waals surface area (Å²) in [5, 5.41) is 10.8. The van der Waals surface area contributed by atoms with Gasteiger partial charge in [-0.3, -0.25) is 0 Å². The molecule has 2 aromatic rings. The SMILES string of the molecule is CCNC(=NCc1cc(C(C)C)no1)NCC(Cc1ccccc1)N(C)C. The first-order valence-electron chi connectivity index (χ1n) is 9.67. The first-order chi connectivity index (χ1) is 13.0. The molecule has 0 amide bonds. The van der Waals surface area contributed by atoms with Crippen LogP contribution in [0.3, 0.4) is 0 Å². The number of rotatable bonds is 9. The fourth-order valence-corrected chi connectivity index (χ4v) is 2.71. The predicted molar refractivity (Wildman–Crippen MR) is 111 cm³/mol. The number of hydrogen-bond donors (Lipinski definition) is 2. The molecule has 148 valence electrons. The van der Waals surface area contributed by atoms with E-state index in [1.807, 2.05) is 6.07 Å². The van der Waals surface area contributed by atoms with Gasteiger partial charge in [0, 0.05) is 25.2 Å². The van der Waals surface area contributed by atoms with Crippen LogP contribution in [0.1, 0.15) is 43.7 Å². The second-order valence-electron chi connectivity index (χ2n) is 7.26. The van der Waals surface area contributed by atoms with Crippen molar-refractivity contribution < 1.29 is 4.52 Å². The van der Waals surface area contributed by atoms with Gasteiger partial charge in [-0.15, -0.1) is 0 Å². The molecule has 1 aromatic heterocycles. The van der Waals surface area contributed by atoms with E-state index in [2.05, 4.69) is 90.9 Å². The zero-order chi connectivity index (χ0) is 19.6. The van der Waals surface area contributed by atoms with Crippen molar-refractivity contribution >= 4 is 5.96 Å². The Kier molecular flexibility index (Phi) is 8.33. The summed E-state index contributed by atoms with van der Waals surface area (Å²) in [6.45, 7) is 8.36. The fourth-order valence-electron chi connectivity index (χ4n) is 2.71. The molecular weight excluding hydrogens is 338 g/mol. The molecule has 1 aromatic carbocycles. The maximum atomic E-state index is 5.38. The molecule has 2 N–H and O–H groups in total. The van der Waals surface area contributed by atoms with Crippen LogP contribution in [0, 0.1) is 0 Å². The van der Waals surface area contributed by atoms with Crippen LogP contribution in [0.4, 0.5) is 0 Å². The first-order valence-corrected chi connectivity index (χ1v) is 9.67. The number of aliphatic imine (C=N–C) groups is 1. The lowest BCUT2D eigenvalue weighted by Crippen LogP contribution is -2.46. The summed E-state index contributed by atoms with van der Waals surface area (Å²) < 4.78 is 5.38. The third kappa shape index (κ3) is 7.06. The highest BCUT2D eigenvalue weighted by molar-refractivity contribution is 5.79. The summed E-state index contributed by atoms with van der Waals surface area (Å²) in [6.07, 6.45) is 0.986. The maximum Gasteiger partial charge on any atom is 0.191 e. The number of likely N-dealkylation sites (N-methyl/N-ethyl adjacent to an activating group) is 1. The van der Waals surface area contributed by atoms with E-state index in [0.717, 1.165) is 36.9 Å². The number of nitrogens with zero attached hydrogens (tertiary/aromatic N) is 3. The van der Waals surface area contributed by atoms with Crippen molar-refractivity contribution in [1.82, 2.24) is 20.7 Å². The molecule has 6 nitrogen and oxygen atoms in total. The van der Waals surface area contributed by atoms with Crippen molar-refractivity contribution in [3.05, 3.63) is 53.4 Å². The molecule has 0 saturated heterocycles. The Morgan fingerprint density at radius 1 is 1.19 bits per heavy atom. The summed E-state index contributed by atoms with van der Waals surface area (Å²) >= 11 is 0. The highest BCUT2D eigenvalue weighted by Crippen LogP contribution is 2.14. The van der Waals surface area contributed by atoms with Gasteiger partial charge in [0.05, 0.1) is 5.69 Å². The summed E-state index contributed by atoms with van der Waals surface area (Å²) in [7, 11) is 4.22. The second-order valence-corrected chi connectivity index (χ2v) is 7.26. The van der Waals surface area contributed by atoms with Crippen molar-refractivity contribution in [1.29, 1.82) is 0 Å². The van der Waals surface area contributed by atoms with Gasteiger partial charge >= 0.3 is 0 Å². The van der Waals surface area contributed by atoms with Gasteiger partial charge in [-0.05, 0) is 38.9 Å². The normalized spacial score (nSPS) is 13.2. The van der Waals surface area contributed by atoms with E-state index in [1.54, 1.807) is 0 Å². The topological polar surface area (TPSA) is 65.7 Å². The fraction of sp³-hybridized carbons (Fsp3) is 0.524. The molecule has 0 aliphatic rings. The number of aromatic nitrogens is 1. The van der Waals surface area contributed by atoms with E-state index in [-0.39, 0.29) is 0 Å². The summed E-state index contributed by atoms with van der Waals surface area (Å²) in [4.78, 5) is 6.88. The summed E-state index contributed by atoms with van der Waals surface area (Å²) in [5.41, 5.74) is 2.30. The van der Waals surface area contributed by atoms with Crippen molar-refractivity contribution in [2.75, 3.05) is 27.2 Å². The average Bonchev–Trinajstić information content (AvgIpc) is 3.13. The van der Waals surface area contributed by atoms with Gasteiger partial charge in [-0.2, -0.15) is 0 Å². The smallest absolute Gasteiger partial charge is 0.191 e. The second kappa shape index (κ2) is 10.7. The van der Waals surface area contributed by atoms with Crippen LogP contribution in [-0.4, -0.2) is 49.2 Å². The van der Waals surface area contributed by atoms with Crippen molar-refractivity contribution in [2.45, 2.75) is 45.7 Å². The van der Waals surface area contributed by atoms with Gasteiger partial charge in [-0.25, -0.2) is 4.99 Å². The Morgan fingerprint density at radius 2 is 1.93 bits per heavy atom. The van der Waals surface area contributed by atoms with Crippen LogP contribution in [0.15, 0.2) is 45.9 Å². The average molecular weight is 372 g/mol. The van der Waals surface area contributed by atoms with Gasteiger partial charge in [0.15, 0.2) is 11.7 Å². The van der Waals surface area contributed by atoms with E-state index < -0.39 is 0 Å². The molecule has 0 aliphatic carbocycles. The van der Waals surface area contributed by atoms with Crippen LogP contribution in [-0.2, 0) is 13.0 Å². The standard InChI is InChI=1S/C21H33N5O/c1-6-22-21(24-15-19-13-20(16(2)3)25-27-19)23-14-18(26(4)5)12-17-10-8-7-9-11-17/h7-11,13,16,18H,6,12,14-15H2,1-5H3,(H2,22,23,24). The highest BCUT2D eigenvalue weighted by Gasteiger charge is 2.13. The lowest BCUT2D eigenvalue weighted by molar-refractivity contribution is 0.290. The van der Waals surface area contributed by atoms with Gasteiger partial charge < -0.3 is 20.1 Å². The molecule has 6 heteroatoms. The molecule has 0 spiro atoms. The molecule has 0 saturated carbocycles. The van der Waals surface area contributed by atoms with Crippen molar-refractivity contribution in [3.63, 3.8) is 0 Å². The minimum absolute atomic E-state index is 0.358. The van der Waals surface area contributed by atoms with Gasteiger partial charge in [0.1, 0.15) is 6.54 Å². The van der Waals surface area contributed by atoms with Crippen LogP contribution in [0.2, 0.25) is 0 Å². The molecular formula is C21H33N5O.